The molecule has 0 radical (unpaired) electrons. The third kappa shape index (κ3) is 6.81. The van der Waals surface area contributed by atoms with Crippen molar-refractivity contribution < 1.29 is 13.2 Å². The highest BCUT2D eigenvalue weighted by atomic mass is 32.2. The molecule has 0 aliphatic rings. The number of primary amides is 1. The number of nitrogens with one attached hydrogen (secondary N) is 2. The van der Waals surface area contributed by atoms with Gasteiger partial charge in [-0.25, -0.2) is 13.1 Å². The van der Waals surface area contributed by atoms with Crippen molar-refractivity contribution in [2.45, 2.75) is 19.4 Å². The smallest absolute Gasteiger partial charge is 0.234 e. The van der Waals surface area contributed by atoms with Gasteiger partial charge >= 0.3 is 0 Å². The molecule has 0 aromatic carbocycles. The van der Waals surface area contributed by atoms with Gasteiger partial charge in [0.1, 0.15) is 0 Å². The summed E-state index contributed by atoms with van der Waals surface area (Å²) in [7, 11) is -3.16. The van der Waals surface area contributed by atoms with E-state index in [2.05, 4.69) is 10.0 Å². The fraction of sp³-hybridized carbons (Fsp3) is 0.857. The van der Waals surface area contributed by atoms with Crippen LogP contribution < -0.4 is 15.8 Å². The minimum absolute atomic E-state index is 0.253. The molecule has 6 nitrogen and oxygen atoms in total. The molecule has 0 heterocycles. The Labute approximate surface area is 84.3 Å². The van der Waals surface area contributed by atoms with Crippen molar-refractivity contribution in [3.05, 3.63) is 0 Å². The third-order valence-electron chi connectivity index (χ3n) is 1.63. The normalized spacial score (nSPS) is 13.9. The van der Waals surface area contributed by atoms with E-state index in [1.807, 2.05) is 6.92 Å². The van der Waals surface area contributed by atoms with Crippen LogP contribution in [0.15, 0.2) is 0 Å². The fourth-order valence-electron chi connectivity index (χ4n) is 0.929. The van der Waals surface area contributed by atoms with Crippen molar-refractivity contribution in [2.24, 2.45) is 5.73 Å². The zero-order chi connectivity index (χ0) is 11.2. The molecule has 0 aliphatic heterocycles. The van der Waals surface area contributed by atoms with Crippen molar-refractivity contribution in [1.82, 2.24) is 10.0 Å². The topological polar surface area (TPSA) is 101 Å². The summed E-state index contributed by atoms with van der Waals surface area (Å²) in [6, 6.07) is -0.392. The molecular weight excluding hydrogens is 206 g/mol. The predicted molar refractivity (Wildman–Crippen MR) is 54.1 cm³/mol. The Morgan fingerprint density at radius 2 is 2.00 bits per heavy atom. The van der Waals surface area contributed by atoms with E-state index in [1.165, 1.54) is 0 Å². The molecule has 14 heavy (non-hydrogen) atoms. The molecule has 0 aromatic heterocycles. The van der Waals surface area contributed by atoms with Crippen LogP contribution in [0.2, 0.25) is 0 Å². The van der Waals surface area contributed by atoms with E-state index < -0.39 is 22.0 Å². The Morgan fingerprint density at radius 3 is 2.36 bits per heavy atom. The molecule has 0 spiro atoms. The van der Waals surface area contributed by atoms with E-state index >= 15 is 0 Å². The first-order valence-electron chi connectivity index (χ1n) is 4.34. The van der Waals surface area contributed by atoms with Gasteiger partial charge in [-0.2, -0.15) is 0 Å². The number of nitrogens with two attached hydrogens (primary N) is 1. The molecule has 0 aromatic rings. The van der Waals surface area contributed by atoms with E-state index in [-0.39, 0.29) is 6.54 Å². The number of carbonyl (C=O) groups is 1. The molecule has 0 rings (SSSR count). The minimum Gasteiger partial charge on any atom is -0.368 e. The lowest BCUT2D eigenvalue weighted by molar-refractivity contribution is -0.120. The molecule has 1 amide bonds. The van der Waals surface area contributed by atoms with Gasteiger partial charge in [-0.3, -0.25) is 4.79 Å². The van der Waals surface area contributed by atoms with E-state index in [0.717, 1.165) is 6.26 Å². The highest BCUT2D eigenvalue weighted by molar-refractivity contribution is 7.88. The van der Waals surface area contributed by atoms with Crippen LogP contribution in [0, 0.1) is 0 Å². The number of hydrogen-bond acceptors (Lipinski definition) is 4. The first-order valence-corrected chi connectivity index (χ1v) is 6.23. The first-order chi connectivity index (χ1) is 6.37. The summed E-state index contributed by atoms with van der Waals surface area (Å²) >= 11 is 0. The van der Waals surface area contributed by atoms with Gasteiger partial charge in [-0.15, -0.1) is 0 Å². The second kappa shape index (κ2) is 5.94. The maximum Gasteiger partial charge on any atom is 0.234 e. The predicted octanol–water partition coefficient (Wildman–Crippen LogP) is -1.61. The SMILES string of the molecule is CCC(NCCNS(C)(=O)=O)C(N)=O. The van der Waals surface area contributed by atoms with Crippen LogP contribution in [0.25, 0.3) is 0 Å². The van der Waals surface area contributed by atoms with Crippen LogP contribution >= 0.6 is 0 Å². The zero-order valence-corrected chi connectivity index (χ0v) is 9.23. The zero-order valence-electron chi connectivity index (χ0n) is 8.41. The molecular formula is C7H17N3O3S. The molecule has 7 heteroatoms. The lowest BCUT2D eigenvalue weighted by Crippen LogP contribution is -2.43. The van der Waals surface area contributed by atoms with Gasteiger partial charge in [0.15, 0.2) is 0 Å². The van der Waals surface area contributed by atoms with Crippen molar-refractivity contribution in [3.63, 3.8) is 0 Å². The Bertz CT molecular complexity index is 276. The van der Waals surface area contributed by atoms with Gasteiger partial charge in [0, 0.05) is 13.1 Å². The number of carbonyl (C=O) groups excluding carboxylic acids is 1. The van der Waals surface area contributed by atoms with Crippen LogP contribution in [0.4, 0.5) is 0 Å². The van der Waals surface area contributed by atoms with Gasteiger partial charge < -0.3 is 11.1 Å². The molecule has 1 unspecified atom stereocenters. The molecule has 0 saturated carbocycles. The lowest BCUT2D eigenvalue weighted by atomic mass is 10.2. The quantitative estimate of drug-likeness (QED) is 0.452. The summed E-state index contributed by atoms with van der Waals surface area (Å²) in [5.41, 5.74) is 5.08. The Kier molecular flexibility index (Phi) is 5.66. The van der Waals surface area contributed by atoms with E-state index in [4.69, 9.17) is 5.73 Å². The third-order valence-corrected chi connectivity index (χ3v) is 2.36. The van der Waals surface area contributed by atoms with Crippen LogP contribution in [-0.2, 0) is 14.8 Å². The lowest BCUT2D eigenvalue weighted by Gasteiger charge is -2.12. The average molecular weight is 223 g/mol. The summed E-state index contributed by atoms with van der Waals surface area (Å²) in [5.74, 6) is -0.424. The molecule has 4 N–H and O–H groups in total. The Morgan fingerprint density at radius 1 is 1.43 bits per heavy atom. The molecule has 0 fully saturated rings. The van der Waals surface area contributed by atoms with Crippen molar-refractivity contribution in [3.8, 4) is 0 Å². The minimum atomic E-state index is -3.16. The number of rotatable bonds is 7. The first kappa shape index (κ1) is 13.3. The monoisotopic (exact) mass is 223 g/mol. The van der Waals surface area contributed by atoms with Gasteiger partial charge in [0.2, 0.25) is 15.9 Å². The maximum absolute atomic E-state index is 10.7. The van der Waals surface area contributed by atoms with E-state index in [1.54, 1.807) is 0 Å². The van der Waals surface area contributed by atoms with Crippen LogP contribution in [0.3, 0.4) is 0 Å². The van der Waals surface area contributed by atoms with Gasteiger partial charge in [0.05, 0.1) is 12.3 Å². The van der Waals surface area contributed by atoms with Crippen molar-refractivity contribution in [2.75, 3.05) is 19.3 Å². The largest absolute Gasteiger partial charge is 0.368 e. The molecule has 0 saturated heterocycles. The summed E-state index contributed by atoms with van der Waals surface area (Å²) in [6.07, 6.45) is 1.67. The van der Waals surface area contributed by atoms with Gasteiger partial charge in [-0.05, 0) is 6.42 Å². The molecule has 0 bridgehead atoms. The van der Waals surface area contributed by atoms with Crippen LogP contribution in [-0.4, -0.2) is 39.7 Å². The van der Waals surface area contributed by atoms with Crippen molar-refractivity contribution in [1.29, 1.82) is 0 Å². The number of hydrogen-bond donors (Lipinski definition) is 3. The van der Waals surface area contributed by atoms with E-state index in [9.17, 15) is 13.2 Å². The second-order valence-corrected chi connectivity index (χ2v) is 4.82. The van der Waals surface area contributed by atoms with Gasteiger partial charge in [0.25, 0.3) is 0 Å². The second-order valence-electron chi connectivity index (χ2n) is 2.98. The Balaban J connectivity index is 3.68. The number of sulfonamides is 1. The molecule has 1 atom stereocenters. The average Bonchev–Trinajstić information content (AvgIpc) is 2.01. The summed E-state index contributed by atoms with van der Waals surface area (Å²) in [6.45, 7) is 2.46. The molecule has 84 valence electrons. The summed E-state index contributed by atoms with van der Waals surface area (Å²) < 4.78 is 23.6. The summed E-state index contributed by atoms with van der Waals surface area (Å²) in [5, 5.41) is 2.84. The van der Waals surface area contributed by atoms with Crippen LogP contribution in [0.1, 0.15) is 13.3 Å². The van der Waals surface area contributed by atoms with E-state index in [0.29, 0.717) is 13.0 Å². The Hall–Kier alpha value is -0.660. The number of amides is 1. The standard InChI is InChI=1S/C7H17N3O3S/c1-3-6(7(8)11)9-4-5-10-14(2,12)13/h6,9-10H,3-5H2,1-2H3,(H2,8,11). The fourth-order valence-corrected chi connectivity index (χ4v) is 1.40. The van der Waals surface area contributed by atoms with Gasteiger partial charge in [-0.1, -0.05) is 6.92 Å². The van der Waals surface area contributed by atoms with Crippen molar-refractivity contribution >= 4 is 15.9 Å². The van der Waals surface area contributed by atoms with Crippen LogP contribution in [0.5, 0.6) is 0 Å². The maximum atomic E-state index is 10.7. The highest BCUT2D eigenvalue weighted by Crippen LogP contribution is 1.87. The highest BCUT2D eigenvalue weighted by Gasteiger charge is 2.10. The summed E-state index contributed by atoms with van der Waals surface area (Å²) in [4.78, 5) is 10.7. The molecule has 0 aliphatic carbocycles.